The van der Waals surface area contributed by atoms with E-state index in [2.05, 4.69) is 16.2 Å². The number of allylic oxidation sites excluding steroid dienone is 1. The first-order valence-electron chi connectivity index (χ1n) is 7.06. The lowest BCUT2D eigenvalue weighted by Gasteiger charge is -2.07. The van der Waals surface area contributed by atoms with Gasteiger partial charge in [0.05, 0.1) is 41.2 Å². The van der Waals surface area contributed by atoms with Crippen LogP contribution < -0.4 is 5.73 Å². The van der Waals surface area contributed by atoms with E-state index in [1.54, 1.807) is 33.9 Å². The van der Waals surface area contributed by atoms with Crippen LogP contribution >= 0.6 is 0 Å². The Morgan fingerprint density at radius 2 is 2.30 bits per heavy atom. The Hall–Kier alpha value is -2.98. The number of nitrogens with zero attached hydrogens (tertiary/aromatic N) is 5. The number of halogens is 1. The predicted octanol–water partition coefficient (Wildman–Crippen LogP) is 2.12. The van der Waals surface area contributed by atoms with Crippen LogP contribution in [-0.4, -0.2) is 25.9 Å². The number of benzene rings is 1. The molecule has 0 saturated carbocycles. The molecule has 3 aromatic rings. The quantitative estimate of drug-likeness (QED) is 0.800. The van der Waals surface area contributed by atoms with Crippen LogP contribution in [0.3, 0.4) is 0 Å². The summed E-state index contributed by atoms with van der Waals surface area (Å²) in [5, 5.41) is 13.4. The van der Waals surface area contributed by atoms with E-state index in [0.717, 1.165) is 11.3 Å². The van der Waals surface area contributed by atoms with Gasteiger partial charge in [0.25, 0.3) is 0 Å². The van der Waals surface area contributed by atoms with Gasteiger partial charge in [-0.15, -0.1) is 0 Å². The van der Waals surface area contributed by atoms with Crippen LogP contribution in [0.2, 0.25) is 0 Å². The third-order valence-corrected chi connectivity index (χ3v) is 3.61. The minimum Gasteiger partial charge on any atom is -0.327 e. The zero-order valence-corrected chi connectivity index (χ0v) is 12.6. The molecule has 0 unspecified atom stereocenters. The topological polar surface area (TPSA) is 85.5 Å². The summed E-state index contributed by atoms with van der Waals surface area (Å²) in [5.41, 5.74) is 8.85. The van der Waals surface area contributed by atoms with Crippen LogP contribution in [0.4, 0.5) is 4.39 Å². The average Bonchev–Trinajstić information content (AvgIpc) is 3.13. The molecule has 7 heteroatoms. The van der Waals surface area contributed by atoms with Gasteiger partial charge in [0.1, 0.15) is 5.83 Å². The number of rotatable bonds is 4. The zero-order chi connectivity index (χ0) is 16.4. The van der Waals surface area contributed by atoms with Crippen molar-refractivity contribution in [3.05, 3.63) is 48.2 Å². The molecule has 116 valence electrons. The largest absolute Gasteiger partial charge is 0.327 e. The maximum Gasteiger partial charge on any atom is 0.117 e. The van der Waals surface area contributed by atoms with Crippen LogP contribution in [0.1, 0.15) is 5.56 Å². The summed E-state index contributed by atoms with van der Waals surface area (Å²) in [6.07, 6.45) is 4.57. The number of aromatic nitrogens is 4. The molecule has 2 heterocycles. The lowest BCUT2D eigenvalue weighted by Crippen LogP contribution is -2.01. The summed E-state index contributed by atoms with van der Waals surface area (Å²) >= 11 is 0. The van der Waals surface area contributed by atoms with Crippen molar-refractivity contribution >= 4 is 11.0 Å². The molecule has 23 heavy (non-hydrogen) atoms. The van der Waals surface area contributed by atoms with Crippen molar-refractivity contribution in [2.24, 2.45) is 12.8 Å². The average molecular weight is 310 g/mol. The maximum absolute atomic E-state index is 13.8. The highest BCUT2D eigenvalue weighted by Crippen LogP contribution is 2.29. The normalized spacial score (nSPS) is 11.8. The maximum atomic E-state index is 13.8. The molecule has 0 aliphatic rings. The molecule has 0 radical (unpaired) electrons. The molecule has 0 saturated heterocycles. The summed E-state index contributed by atoms with van der Waals surface area (Å²) in [7, 11) is 1.82. The summed E-state index contributed by atoms with van der Waals surface area (Å²) < 4.78 is 17.1. The molecule has 0 aliphatic carbocycles. The second-order valence-electron chi connectivity index (χ2n) is 5.10. The van der Waals surface area contributed by atoms with Crippen molar-refractivity contribution < 1.29 is 4.39 Å². The first-order valence-corrected chi connectivity index (χ1v) is 7.06. The van der Waals surface area contributed by atoms with Crippen molar-refractivity contribution in [1.29, 1.82) is 5.26 Å². The van der Waals surface area contributed by atoms with E-state index < -0.39 is 0 Å². The van der Waals surface area contributed by atoms with Gasteiger partial charge in [0, 0.05) is 25.4 Å². The number of aryl methyl sites for hydroxylation is 1. The van der Waals surface area contributed by atoms with Crippen LogP contribution in [0.5, 0.6) is 0 Å². The van der Waals surface area contributed by atoms with Gasteiger partial charge in [-0.3, -0.25) is 4.68 Å². The standard InChI is InChI=1S/C16H15FN6/c1-22-14(3-5-21-22)13-6-11(8-19)7-15-16(13)20-10-23(15)9-12(17)2-4-18/h2-3,5-7,10H,4,9,18H2,1H3. The highest BCUT2D eigenvalue weighted by molar-refractivity contribution is 5.92. The van der Waals surface area contributed by atoms with E-state index >= 15 is 0 Å². The Morgan fingerprint density at radius 1 is 1.48 bits per heavy atom. The van der Waals surface area contributed by atoms with Gasteiger partial charge < -0.3 is 10.3 Å². The molecule has 2 N–H and O–H groups in total. The second kappa shape index (κ2) is 6.02. The Labute approximate surface area is 132 Å². The van der Waals surface area contributed by atoms with E-state index in [1.807, 2.05) is 13.1 Å². The SMILES string of the molecule is Cn1nccc1-c1cc(C#N)cc2c1ncn2CC(F)=CCN. The minimum absolute atomic E-state index is 0.0351. The molecule has 6 nitrogen and oxygen atoms in total. The van der Waals surface area contributed by atoms with E-state index in [0.29, 0.717) is 16.6 Å². The summed E-state index contributed by atoms with van der Waals surface area (Å²) in [5.74, 6) is -0.337. The molecular weight excluding hydrogens is 295 g/mol. The third kappa shape index (κ3) is 2.72. The molecule has 0 spiro atoms. The van der Waals surface area contributed by atoms with Gasteiger partial charge in [0.2, 0.25) is 0 Å². The van der Waals surface area contributed by atoms with Gasteiger partial charge in [-0.25, -0.2) is 9.37 Å². The predicted molar refractivity (Wildman–Crippen MR) is 84.9 cm³/mol. The summed E-state index contributed by atoms with van der Waals surface area (Å²) in [4.78, 5) is 4.39. The highest BCUT2D eigenvalue weighted by Gasteiger charge is 2.14. The molecular formula is C16H15FN6. The molecule has 2 aromatic heterocycles. The second-order valence-corrected chi connectivity index (χ2v) is 5.10. The van der Waals surface area contributed by atoms with Crippen molar-refractivity contribution in [3.63, 3.8) is 0 Å². The molecule has 0 aliphatic heterocycles. The fraction of sp³-hybridized carbons (Fsp3) is 0.188. The van der Waals surface area contributed by atoms with Crippen molar-refractivity contribution in [3.8, 4) is 17.3 Å². The van der Waals surface area contributed by atoms with Crippen LogP contribution in [0, 0.1) is 11.3 Å². The Bertz CT molecular complexity index is 928. The fourth-order valence-corrected chi connectivity index (χ4v) is 2.54. The number of nitrogens with two attached hydrogens (primary N) is 1. The summed E-state index contributed by atoms with van der Waals surface area (Å²) in [6.45, 7) is 0.176. The lowest BCUT2D eigenvalue weighted by molar-refractivity contribution is 0.558. The Balaban J connectivity index is 2.20. The van der Waals surface area contributed by atoms with Gasteiger partial charge >= 0.3 is 0 Å². The lowest BCUT2D eigenvalue weighted by atomic mass is 10.1. The minimum atomic E-state index is -0.337. The number of hydrogen-bond donors (Lipinski definition) is 1. The fourth-order valence-electron chi connectivity index (χ4n) is 2.54. The van der Waals surface area contributed by atoms with Gasteiger partial charge in [-0.2, -0.15) is 10.4 Å². The number of fused-ring (bicyclic) bond motifs is 1. The van der Waals surface area contributed by atoms with Gasteiger partial charge in [-0.1, -0.05) is 0 Å². The first kappa shape index (κ1) is 14.9. The smallest absolute Gasteiger partial charge is 0.117 e. The molecule has 3 rings (SSSR count). The first-order chi connectivity index (χ1) is 11.1. The Kier molecular flexibility index (Phi) is 3.91. The van der Waals surface area contributed by atoms with Gasteiger partial charge in [0.15, 0.2) is 0 Å². The zero-order valence-electron chi connectivity index (χ0n) is 12.6. The third-order valence-electron chi connectivity index (χ3n) is 3.61. The van der Waals surface area contributed by atoms with E-state index in [-0.39, 0.29) is 18.9 Å². The highest BCUT2D eigenvalue weighted by atomic mass is 19.1. The molecule has 0 atom stereocenters. The van der Waals surface area contributed by atoms with Crippen molar-refractivity contribution in [2.45, 2.75) is 6.54 Å². The van der Waals surface area contributed by atoms with E-state index in [1.165, 1.54) is 6.08 Å². The molecule has 1 aromatic carbocycles. The molecule has 0 bridgehead atoms. The Morgan fingerprint density at radius 3 is 2.96 bits per heavy atom. The van der Waals surface area contributed by atoms with Crippen molar-refractivity contribution in [2.75, 3.05) is 6.54 Å². The summed E-state index contributed by atoms with van der Waals surface area (Å²) in [6, 6.07) is 7.46. The number of hydrogen-bond acceptors (Lipinski definition) is 4. The van der Waals surface area contributed by atoms with E-state index in [4.69, 9.17) is 5.73 Å². The van der Waals surface area contributed by atoms with Crippen molar-refractivity contribution in [1.82, 2.24) is 19.3 Å². The van der Waals surface area contributed by atoms with Crippen LogP contribution in [-0.2, 0) is 13.6 Å². The number of nitriles is 1. The van der Waals surface area contributed by atoms with Crippen LogP contribution in [0.15, 0.2) is 42.6 Å². The van der Waals surface area contributed by atoms with Crippen LogP contribution in [0.25, 0.3) is 22.3 Å². The number of imidazole rings is 1. The molecule has 0 amide bonds. The monoisotopic (exact) mass is 310 g/mol. The van der Waals surface area contributed by atoms with E-state index in [9.17, 15) is 9.65 Å². The van der Waals surface area contributed by atoms with Gasteiger partial charge in [-0.05, 0) is 24.3 Å². The molecule has 0 fully saturated rings.